The predicted octanol–water partition coefficient (Wildman–Crippen LogP) is 3.30. The molecule has 0 unspecified atom stereocenters. The van der Waals surface area contributed by atoms with Crippen molar-refractivity contribution in [2.24, 2.45) is 0 Å². The number of hydrogen-bond donors (Lipinski definition) is 1. The molecule has 0 saturated heterocycles. The van der Waals surface area contributed by atoms with Crippen LogP contribution in [-0.4, -0.2) is 30.5 Å². The Morgan fingerprint density at radius 3 is 2.53 bits per heavy atom. The number of para-hydroxylation sites is 1. The van der Waals surface area contributed by atoms with Gasteiger partial charge in [0, 0.05) is 23.7 Å². The summed E-state index contributed by atoms with van der Waals surface area (Å²) in [5.74, 6) is 1.05. The third-order valence-electron chi connectivity index (χ3n) is 5.43. The van der Waals surface area contributed by atoms with Gasteiger partial charge in [-0.2, -0.15) is 9.78 Å². The standard InChI is InChI=1S/C24H24N4O5S/c1-15-9-10-18(20-11-12-23(29)28(26-20)24-16(2)27-33-17(24)3)13-22(15)34(30,31)25-14-19-7-5-6-8-21(19)32-4/h5-13,25H,14H2,1-4H3. The zero-order valence-corrected chi connectivity index (χ0v) is 20.0. The van der Waals surface area contributed by atoms with Gasteiger partial charge < -0.3 is 9.26 Å². The monoisotopic (exact) mass is 480 g/mol. The number of sulfonamides is 1. The van der Waals surface area contributed by atoms with Crippen LogP contribution in [-0.2, 0) is 16.6 Å². The Bertz CT molecular complexity index is 1500. The van der Waals surface area contributed by atoms with Crippen molar-refractivity contribution >= 4 is 10.0 Å². The van der Waals surface area contributed by atoms with Crippen molar-refractivity contribution in [2.75, 3.05) is 7.11 Å². The van der Waals surface area contributed by atoms with Gasteiger partial charge in [-0.25, -0.2) is 13.1 Å². The lowest BCUT2D eigenvalue weighted by Gasteiger charge is -2.13. The van der Waals surface area contributed by atoms with Crippen LogP contribution in [0.25, 0.3) is 16.9 Å². The highest BCUT2D eigenvalue weighted by Crippen LogP contribution is 2.25. The molecular formula is C24H24N4O5S. The lowest BCUT2D eigenvalue weighted by molar-refractivity contribution is 0.392. The van der Waals surface area contributed by atoms with E-state index in [9.17, 15) is 13.2 Å². The number of aromatic nitrogens is 3. The van der Waals surface area contributed by atoms with Gasteiger partial charge in [-0.3, -0.25) is 4.79 Å². The molecule has 2 aromatic carbocycles. The summed E-state index contributed by atoms with van der Waals surface area (Å²) < 4.78 is 40.6. The van der Waals surface area contributed by atoms with E-state index >= 15 is 0 Å². The maximum atomic E-state index is 13.2. The van der Waals surface area contributed by atoms with Crippen LogP contribution >= 0.6 is 0 Å². The first-order valence-corrected chi connectivity index (χ1v) is 12.0. The van der Waals surface area contributed by atoms with Gasteiger partial charge in [-0.05, 0) is 44.5 Å². The molecular weight excluding hydrogens is 456 g/mol. The first-order chi connectivity index (χ1) is 16.2. The lowest BCUT2D eigenvalue weighted by atomic mass is 10.1. The van der Waals surface area contributed by atoms with Crippen molar-refractivity contribution in [3.63, 3.8) is 0 Å². The minimum absolute atomic E-state index is 0.0746. The summed E-state index contributed by atoms with van der Waals surface area (Å²) >= 11 is 0. The molecule has 4 rings (SSSR count). The molecule has 10 heteroatoms. The fourth-order valence-electron chi connectivity index (χ4n) is 3.65. The van der Waals surface area contributed by atoms with Crippen LogP contribution in [0.3, 0.4) is 0 Å². The van der Waals surface area contributed by atoms with Crippen molar-refractivity contribution in [1.29, 1.82) is 0 Å². The van der Waals surface area contributed by atoms with Crippen LogP contribution in [0.15, 0.2) is 68.8 Å². The SMILES string of the molecule is COc1ccccc1CNS(=O)(=O)c1cc(-c2ccc(=O)n(-c3c(C)noc3C)n2)ccc1C. The Hall–Kier alpha value is -3.76. The van der Waals surface area contributed by atoms with Crippen molar-refractivity contribution in [3.05, 3.63) is 87.5 Å². The van der Waals surface area contributed by atoms with Crippen molar-refractivity contribution < 1.29 is 17.7 Å². The quantitative estimate of drug-likeness (QED) is 0.431. The molecule has 0 aliphatic heterocycles. The molecule has 34 heavy (non-hydrogen) atoms. The highest BCUT2D eigenvalue weighted by Gasteiger charge is 2.20. The summed E-state index contributed by atoms with van der Waals surface area (Å²) in [7, 11) is -2.31. The van der Waals surface area contributed by atoms with Crippen molar-refractivity contribution in [2.45, 2.75) is 32.2 Å². The van der Waals surface area contributed by atoms with E-state index in [2.05, 4.69) is 15.0 Å². The Labute approximate surface area is 197 Å². The van der Waals surface area contributed by atoms with E-state index in [4.69, 9.17) is 9.26 Å². The number of rotatable bonds is 7. The van der Waals surface area contributed by atoms with Gasteiger partial charge in [0.05, 0.1) is 17.7 Å². The fourth-order valence-corrected chi connectivity index (χ4v) is 4.93. The van der Waals surface area contributed by atoms with E-state index in [1.54, 1.807) is 57.2 Å². The molecule has 176 valence electrons. The van der Waals surface area contributed by atoms with Gasteiger partial charge in [-0.1, -0.05) is 35.5 Å². The smallest absolute Gasteiger partial charge is 0.271 e. The first kappa shape index (κ1) is 23.4. The summed E-state index contributed by atoms with van der Waals surface area (Å²) in [4.78, 5) is 12.6. The van der Waals surface area contributed by atoms with E-state index in [0.717, 1.165) is 5.56 Å². The zero-order chi connectivity index (χ0) is 24.5. The highest BCUT2D eigenvalue weighted by molar-refractivity contribution is 7.89. The molecule has 0 fully saturated rings. The minimum Gasteiger partial charge on any atom is -0.496 e. The zero-order valence-electron chi connectivity index (χ0n) is 19.2. The first-order valence-electron chi connectivity index (χ1n) is 10.5. The van der Waals surface area contributed by atoms with E-state index in [0.29, 0.717) is 39.7 Å². The summed E-state index contributed by atoms with van der Waals surface area (Å²) in [6, 6.07) is 15.2. The number of nitrogens with zero attached hydrogens (tertiary/aromatic N) is 3. The van der Waals surface area contributed by atoms with Crippen LogP contribution in [0, 0.1) is 20.8 Å². The summed E-state index contributed by atoms with van der Waals surface area (Å²) in [6.07, 6.45) is 0. The summed E-state index contributed by atoms with van der Waals surface area (Å²) in [5, 5.41) is 8.33. The molecule has 0 aliphatic carbocycles. The van der Waals surface area contributed by atoms with Gasteiger partial charge in [0.25, 0.3) is 5.56 Å². The molecule has 9 nitrogen and oxygen atoms in total. The predicted molar refractivity (Wildman–Crippen MR) is 127 cm³/mol. The molecule has 2 heterocycles. The molecule has 0 amide bonds. The second-order valence-electron chi connectivity index (χ2n) is 7.76. The lowest BCUT2D eigenvalue weighted by Crippen LogP contribution is -2.24. The summed E-state index contributed by atoms with van der Waals surface area (Å²) in [6.45, 7) is 5.21. The van der Waals surface area contributed by atoms with E-state index < -0.39 is 10.0 Å². The van der Waals surface area contributed by atoms with Crippen LogP contribution < -0.4 is 15.0 Å². The molecule has 1 N–H and O–H groups in total. The average molecular weight is 481 g/mol. The minimum atomic E-state index is -3.85. The maximum Gasteiger partial charge on any atom is 0.271 e. The highest BCUT2D eigenvalue weighted by atomic mass is 32.2. The van der Waals surface area contributed by atoms with Crippen LogP contribution in [0.2, 0.25) is 0 Å². The number of benzene rings is 2. The van der Waals surface area contributed by atoms with E-state index in [1.165, 1.54) is 17.9 Å². The second kappa shape index (κ2) is 9.24. The second-order valence-corrected chi connectivity index (χ2v) is 9.49. The Balaban J connectivity index is 1.70. The number of ether oxygens (including phenoxy) is 1. The third-order valence-corrected chi connectivity index (χ3v) is 6.97. The molecule has 0 spiro atoms. The molecule has 0 saturated carbocycles. The van der Waals surface area contributed by atoms with Gasteiger partial charge >= 0.3 is 0 Å². The van der Waals surface area contributed by atoms with Crippen LogP contribution in [0.1, 0.15) is 22.6 Å². The maximum absolute atomic E-state index is 13.2. The fraction of sp³-hybridized carbons (Fsp3) is 0.208. The van der Waals surface area contributed by atoms with Crippen molar-refractivity contribution in [3.8, 4) is 22.7 Å². The third kappa shape index (κ3) is 4.50. The van der Waals surface area contributed by atoms with E-state index in [1.807, 2.05) is 12.1 Å². The molecule has 4 aromatic rings. The van der Waals surface area contributed by atoms with Crippen LogP contribution in [0.5, 0.6) is 5.75 Å². The summed E-state index contributed by atoms with van der Waals surface area (Å²) in [5.41, 5.74) is 2.91. The van der Waals surface area contributed by atoms with Gasteiger partial charge in [-0.15, -0.1) is 0 Å². The Morgan fingerprint density at radius 2 is 1.82 bits per heavy atom. The number of aryl methyl sites for hydroxylation is 3. The topological polar surface area (TPSA) is 116 Å². The largest absolute Gasteiger partial charge is 0.496 e. The van der Waals surface area contributed by atoms with Gasteiger partial charge in [0.2, 0.25) is 10.0 Å². The molecule has 0 atom stereocenters. The van der Waals surface area contributed by atoms with Crippen molar-refractivity contribution in [1.82, 2.24) is 19.7 Å². The molecule has 2 aromatic heterocycles. The number of hydrogen-bond acceptors (Lipinski definition) is 7. The normalized spacial score (nSPS) is 11.5. The Morgan fingerprint density at radius 1 is 1.06 bits per heavy atom. The number of nitrogens with one attached hydrogen (secondary N) is 1. The average Bonchev–Trinajstić information content (AvgIpc) is 3.16. The van der Waals surface area contributed by atoms with Gasteiger partial charge in [0.15, 0.2) is 5.76 Å². The number of methoxy groups -OCH3 is 1. The Kier molecular flexibility index (Phi) is 6.36. The molecule has 0 radical (unpaired) electrons. The molecule has 0 bridgehead atoms. The van der Waals surface area contributed by atoms with Crippen LogP contribution in [0.4, 0.5) is 0 Å². The van der Waals surface area contributed by atoms with E-state index in [-0.39, 0.29) is 17.0 Å². The molecule has 0 aliphatic rings. The van der Waals surface area contributed by atoms with Gasteiger partial charge in [0.1, 0.15) is 17.1 Å².